The minimum absolute atomic E-state index is 0.0829. The van der Waals surface area contributed by atoms with E-state index < -0.39 is 0 Å². The summed E-state index contributed by atoms with van der Waals surface area (Å²) < 4.78 is 6.29. The molecule has 1 aromatic rings. The van der Waals surface area contributed by atoms with Crippen molar-refractivity contribution in [3.8, 4) is 0 Å². The molecule has 0 aliphatic carbocycles. The largest absolute Gasteiger partial charge is 0.459 e. The second kappa shape index (κ2) is 6.86. The standard InChI is InChI=1S/C13H18BrN3O2/c1-10-12(14)7-11(19-10)8-15-16-13(18)9-17-5-3-2-4-6-17/h7-8H,2-6,9H2,1H3,(H,16,18)/b15-8-. The number of aryl methyl sites for hydroxylation is 1. The molecular weight excluding hydrogens is 310 g/mol. The summed E-state index contributed by atoms with van der Waals surface area (Å²) in [4.78, 5) is 13.8. The van der Waals surface area contributed by atoms with Gasteiger partial charge in [-0.1, -0.05) is 6.42 Å². The fourth-order valence-corrected chi connectivity index (χ4v) is 2.38. The van der Waals surface area contributed by atoms with Crippen molar-refractivity contribution in [1.29, 1.82) is 0 Å². The third-order valence-electron chi connectivity index (χ3n) is 3.07. The zero-order valence-electron chi connectivity index (χ0n) is 11.0. The molecule has 0 bridgehead atoms. The van der Waals surface area contributed by atoms with Gasteiger partial charge in [-0.2, -0.15) is 5.10 Å². The third-order valence-corrected chi connectivity index (χ3v) is 3.86. The number of amides is 1. The number of carbonyl (C=O) groups excluding carboxylic acids is 1. The number of likely N-dealkylation sites (tertiary alicyclic amines) is 1. The van der Waals surface area contributed by atoms with E-state index in [-0.39, 0.29) is 5.91 Å². The van der Waals surface area contributed by atoms with Crippen LogP contribution in [0.1, 0.15) is 30.8 Å². The molecule has 1 N–H and O–H groups in total. The average molecular weight is 328 g/mol. The summed E-state index contributed by atoms with van der Waals surface area (Å²) in [6, 6.07) is 1.82. The molecule has 1 aliphatic heterocycles. The zero-order valence-corrected chi connectivity index (χ0v) is 12.6. The minimum atomic E-state index is -0.0829. The SMILES string of the molecule is Cc1oc(/C=N\NC(=O)CN2CCCCC2)cc1Br. The van der Waals surface area contributed by atoms with Gasteiger partial charge in [-0.25, -0.2) is 5.43 Å². The van der Waals surface area contributed by atoms with Crippen LogP contribution < -0.4 is 5.43 Å². The van der Waals surface area contributed by atoms with Crippen LogP contribution in [-0.4, -0.2) is 36.7 Å². The number of hydrogen-bond donors (Lipinski definition) is 1. The number of furan rings is 1. The second-order valence-electron chi connectivity index (χ2n) is 4.68. The first-order valence-electron chi connectivity index (χ1n) is 6.45. The summed E-state index contributed by atoms with van der Waals surface area (Å²) in [7, 11) is 0. The van der Waals surface area contributed by atoms with Gasteiger partial charge in [0.2, 0.25) is 0 Å². The Labute approximate surface area is 121 Å². The first kappa shape index (κ1) is 14.3. The lowest BCUT2D eigenvalue weighted by molar-refractivity contribution is -0.122. The van der Waals surface area contributed by atoms with Crippen LogP contribution in [0.25, 0.3) is 0 Å². The van der Waals surface area contributed by atoms with E-state index in [0.29, 0.717) is 12.3 Å². The Morgan fingerprint density at radius 3 is 2.89 bits per heavy atom. The molecule has 1 amide bonds. The van der Waals surface area contributed by atoms with Crippen LogP contribution in [0.2, 0.25) is 0 Å². The Balaban J connectivity index is 1.76. The van der Waals surface area contributed by atoms with E-state index in [9.17, 15) is 4.79 Å². The Morgan fingerprint density at radius 2 is 2.26 bits per heavy atom. The highest BCUT2D eigenvalue weighted by atomic mass is 79.9. The number of halogens is 1. The average Bonchev–Trinajstić information content (AvgIpc) is 2.70. The van der Waals surface area contributed by atoms with E-state index in [1.54, 1.807) is 0 Å². The van der Waals surface area contributed by atoms with Gasteiger partial charge in [0, 0.05) is 6.07 Å². The van der Waals surface area contributed by atoms with Crippen LogP contribution in [-0.2, 0) is 4.79 Å². The molecule has 0 radical (unpaired) electrons. The first-order chi connectivity index (χ1) is 9.15. The number of nitrogens with one attached hydrogen (secondary N) is 1. The molecule has 2 rings (SSSR count). The molecule has 1 fully saturated rings. The van der Waals surface area contributed by atoms with E-state index in [2.05, 4.69) is 31.4 Å². The molecule has 1 saturated heterocycles. The fraction of sp³-hybridized carbons (Fsp3) is 0.538. The molecule has 5 nitrogen and oxygen atoms in total. The Hall–Kier alpha value is -1.14. The summed E-state index contributed by atoms with van der Waals surface area (Å²) >= 11 is 3.35. The monoisotopic (exact) mass is 327 g/mol. The first-order valence-corrected chi connectivity index (χ1v) is 7.24. The predicted molar refractivity (Wildman–Crippen MR) is 77.2 cm³/mol. The molecule has 19 heavy (non-hydrogen) atoms. The molecule has 0 unspecified atom stereocenters. The van der Waals surface area contributed by atoms with Crippen LogP contribution in [0, 0.1) is 6.92 Å². The molecular formula is C13H18BrN3O2. The number of nitrogens with zero attached hydrogens (tertiary/aromatic N) is 2. The van der Waals surface area contributed by atoms with Crippen molar-refractivity contribution in [2.75, 3.05) is 19.6 Å². The van der Waals surface area contributed by atoms with Crippen LogP contribution in [0.4, 0.5) is 0 Å². The summed E-state index contributed by atoms with van der Waals surface area (Å²) in [5.74, 6) is 1.32. The molecule has 0 aromatic carbocycles. The molecule has 1 aromatic heterocycles. The topological polar surface area (TPSA) is 57.8 Å². The van der Waals surface area contributed by atoms with Crippen molar-refractivity contribution in [3.05, 3.63) is 22.1 Å². The van der Waals surface area contributed by atoms with Crippen molar-refractivity contribution in [1.82, 2.24) is 10.3 Å². The molecule has 6 heteroatoms. The normalized spacial score (nSPS) is 16.9. The maximum Gasteiger partial charge on any atom is 0.254 e. The number of piperidine rings is 1. The highest BCUT2D eigenvalue weighted by Gasteiger charge is 2.13. The van der Waals surface area contributed by atoms with Crippen molar-refractivity contribution in [3.63, 3.8) is 0 Å². The highest BCUT2D eigenvalue weighted by molar-refractivity contribution is 9.10. The zero-order chi connectivity index (χ0) is 13.7. The molecule has 2 heterocycles. The van der Waals surface area contributed by atoms with Crippen LogP contribution in [0.5, 0.6) is 0 Å². The lowest BCUT2D eigenvalue weighted by atomic mass is 10.1. The lowest BCUT2D eigenvalue weighted by Crippen LogP contribution is -2.38. The second-order valence-corrected chi connectivity index (χ2v) is 5.54. The van der Waals surface area contributed by atoms with Crippen molar-refractivity contribution in [2.24, 2.45) is 5.10 Å². The number of rotatable bonds is 4. The van der Waals surface area contributed by atoms with Gasteiger partial charge in [0.15, 0.2) is 0 Å². The van der Waals surface area contributed by atoms with Gasteiger partial charge >= 0.3 is 0 Å². The van der Waals surface area contributed by atoms with Gasteiger partial charge in [-0.3, -0.25) is 9.69 Å². The molecule has 104 valence electrons. The van der Waals surface area contributed by atoms with Gasteiger partial charge in [-0.05, 0) is 48.8 Å². The number of hydrazone groups is 1. The highest BCUT2D eigenvalue weighted by Crippen LogP contribution is 2.18. The van der Waals surface area contributed by atoms with Gasteiger partial charge in [0.1, 0.15) is 11.5 Å². The van der Waals surface area contributed by atoms with Crippen molar-refractivity contribution < 1.29 is 9.21 Å². The van der Waals surface area contributed by atoms with Gasteiger partial charge < -0.3 is 4.42 Å². The van der Waals surface area contributed by atoms with Gasteiger partial charge in [0.05, 0.1) is 17.2 Å². The summed E-state index contributed by atoms with van der Waals surface area (Å²) in [5, 5.41) is 3.90. The number of carbonyl (C=O) groups is 1. The van der Waals surface area contributed by atoms with E-state index in [4.69, 9.17) is 4.42 Å². The van der Waals surface area contributed by atoms with Crippen LogP contribution in [0.15, 0.2) is 20.1 Å². The molecule has 0 atom stereocenters. The Bertz CT molecular complexity index is 445. The van der Waals surface area contributed by atoms with E-state index in [0.717, 1.165) is 23.3 Å². The maximum absolute atomic E-state index is 11.7. The van der Waals surface area contributed by atoms with Crippen molar-refractivity contribution in [2.45, 2.75) is 26.2 Å². The third kappa shape index (κ3) is 4.47. The van der Waals surface area contributed by atoms with Gasteiger partial charge in [0.25, 0.3) is 5.91 Å². The van der Waals surface area contributed by atoms with Crippen LogP contribution >= 0.6 is 15.9 Å². The van der Waals surface area contributed by atoms with E-state index in [1.165, 1.54) is 25.5 Å². The minimum Gasteiger partial charge on any atom is -0.459 e. The smallest absolute Gasteiger partial charge is 0.254 e. The lowest BCUT2D eigenvalue weighted by Gasteiger charge is -2.25. The molecule has 1 aliphatic rings. The maximum atomic E-state index is 11.7. The van der Waals surface area contributed by atoms with E-state index in [1.807, 2.05) is 13.0 Å². The number of hydrogen-bond acceptors (Lipinski definition) is 4. The summed E-state index contributed by atoms with van der Waals surface area (Å²) in [6.07, 6.45) is 5.13. The van der Waals surface area contributed by atoms with Crippen LogP contribution in [0.3, 0.4) is 0 Å². The summed E-state index contributed by atoms with van der Waals surface area (Å²) in [6.45, 7) is 4.28. The predicted octanol–water partition coefficient (Wildman–Crippen LogP) is 2.29. The van der Waals surface area contributed by atoms with Crippen molar-refractivity contribution >= 4 is 28.1 Å². The Kier molecular flexibility index (Phi) is 5.15. The van der Waals surface area contributed by atoms with E-state index >= 15 is 0 Å². The molecule has 0 spiro atoms. The fourth-order valence-electron chi connectivity index (χ4n) is 2.07. The van der Waals surface area contributed by atoms with Gasteiger partial charge in [-0.15, -0.1) is 0 Å². The quantitative estimate of drug-likeness (QED) is 0.681. The summed E-state index contributed by atoms with van der Waals surface area (Å²) in [5.41, 5.74) is 2.52. The Morgan fingerprint density at radius 1 is 1.53 bits per heavy atom. The molecule has 0 saturated carbocycles.